The van der Waals surface area contributed by atoms with Crippen molar-refractivity contribution in [1.82, 2.24) is 14.6 Å². The molecular weight excluding hydrogens is 304 g/mol. The van der Waals surface area contributed by atoms with Crippen molar-refractivity contribution in [2.45, 2.75) is 49.5 Å². The summed E-state index contributed by atoms with van der Waals surface area (Å²) < 4.78 is 1.96. The molecule has 0 radical (unpaired) electrons. The molecule has 2 aliphatic heterocycles. The van der Waals surface area contributed by atoms with Gasteiger partial charge in [0, 0.05) is 29.3 Å². The zero-order valence-corrected chi connectivity index (χ0v) is 12.5. The molecule has 4 rings (SSSR count). The monoisotopic (exact) mass is 320 g/mol. The van der Waals surface area contributed by atoms with Gasteiger partial charge in [-0.3, -0.25) is 0 Å². The van der Waals surface area contributed by atoms with Crippen molar-refractivity contribution in [1.29, 1.82) is 0 Å². The number of halogens is 1. The molecule has 100 valence electrons. The normalized spacial score (nSPS) is 30.2. The van der Waals surface area contributed by atoms with Gasteiger partial charge in [-0.25, -0.2) is 9.50 Å². The van der Waals surface area contributed by atoms with E-state index in [4.69, 9.17) is 0 Å². The predicted octanol–water partition coefficient (Wildman–Crippen LogP) is 2.93. The maximum Gasteiger partial charge on any atom is 0.155 e. The van der Waals surface area contributed by atoms with Crippen LogP contribution in [0.25, 0.3) is 5.52 Å². The van der Waals surface area contributed by atoms with Crippen molar-refractivity contribution in [3.8, 4) is 0 Å². The van der Waals surface area contributed by atoms with E-state index in [-0.39, 0.29) is 0 Å². The molecule has 0 aliphatic carbocycles. The van der Waals surface area contributed by atoms with Crippen LogP contribution in [0.3, 0.4) is 0 Å². The SMILES string of the molecule is Cc1cc2c(N3C4CCC3CC(Br)C4)nccn2n1. The Kier molecular flexibility index (Phi) is 2.59. The largest absolute Gasteiger partial charge is 0.349 e. The second-order valence-electron chi connectivity index (χ2n) is 5.73. The molecule has 0 aromatic carbocycles. The summed E-state index contributed by atoms with van der Waals surface area (Å²) >= 11 is 3.80. The number of aromatic nitrogens is 3. The Morgan fingerprint density at radius 3 is 2.74 bits per heavy atom. The molecule has 0 saturated carbocycles. The Hall–Kier alpha value is -1.10. The molecule has 2 bridgehead atoms. The Morgan fingerprint density at radius 1 is 1.26 bits per heavy atom. The van der Waals surface area contributed by atoms with Gasteiger partial charge in [0.1, 0.15) is 5.52 Å². The number of hydrogen-bond acceptors (Lipinski definition) is 3. The maximum absolute atomic E-state index is 4.66. The summed E-state index contributed by atoms with van der Waals surface area (Å²) in [4.78, 5) is 7.88. The molecule has 2 unspecified atom stereocenters. The topological polar surface area (TPSA) is 33.4 Å². The van der Waals surface area contributed by atoms with Gasteiger partial charge in [0.05, 0.1) is 5.69 Å². The summed E-state index contributed by atoms with van der Waals surface area (Å²) in [5.41, 5.74) is 2.20. The molecule has 4 nitrogen and oxygen atoms in total. The highest BCUT2D eigenvalue weighted by Gasteiger charge is 2.41. The standard InChI is InChI=1S/C14H17BrN4/c1-9-6-13-14(16-4-5-18(13)17-9)19-11-2-3-12(19)8-10(15)7-11/h4-6,10-12H,2-3,7-8H2,1H3. The van der Waals surface area contributed by atoms with Crippen LogP contribution in [-0.4, -0.2) is 31.5 Å². The lowest BCUT2D eigenvalue weighted by molar-refractivity contribution is 0.480. The number of fused-ring (bicyclic) bond motifs is 3. The molecule has 0 spiro atoms. The third-order valence-corrected chi connectivity index (χ3v) is 5.16. The van der Waals surface area contributed by atoms with Crippen LogP contribution in [0.1, 0.15) is 31.4 Å². The van der Waals surface area contributed by atoms with Gasteiger partial charge in [-0.05, 0) is 38.7 Å². The quantitative estimate of drug-likeness (QED) is 0.757. The third kappa shape index (κ3) is 1.78. The van der Waals surface area contributed by atoms with E-state index in [1.807, 2.05) is 23.8 Å². The van der Waals surface area contributed by atoms with E-state index in [1.54, 1.807) is 0 Å². The van der Waals surface area contributed by atoms with Crippen LogP contribution in [0, 0.1) is 6.92 Å². The van der Waals surface area contributed by atoms with Gasteiger partial charge < -0.3 is 4.90 Å². The molecule has 2 aliphatic rings. The molecule has 2 aromatic rings. The summed E-state index contributed by atoms with van der Waals surface area (Å²) in [6.45, 7) is 2.04. The van der Waals surface area contributed by atoms with Gasteiger partial charge in [-0.15, -0.1) is 0 Å². The number of piperidine rings is 1. The second-order valence-corrected chi connectivity index (χ2v) is 7.02. The molecule has 2 aromatic heterocycles. The minimum atomic E-state index is 0.636. The maximum atomic E-state index is 4.66. The lowest BCUT2D eigenvalue weighted by atomic mass is 10.0. The van der Waals surface area contributed by atoms with Crippen molar-refractivity contribution in [3.05, 3.63) is 24.2 Å². The third-order valence-electron chi connectivity index (χ3n) is 4.41. The summed E-state index contributed by atoms with van der Waals surface area (Å²) in [5, 5.41) is 4.49. The number of aryl methyl sites for hydroxylation is 1. The van der Waals surface area contributed by atoms with Gasteiger partial charge in [0.2, 0.25) is 0 Å². The molecule has 2 atom stereocenters. The average Bonchev–Trinajstić information content (AvgIpc) is 2.87. The molecular formula is C14H17BrN4. The van der Waals surface area contributed by atoms with Crippen LogP contribution in [0.4, 0.5) is 5.82 Å². The Labute approximate surface area is 120 Å². The Morgan fingerprint density at radius 2 is 2.00 bits per heavy atom. The second kappa shape index (κ2) is 4.20. The average molecular weight is 321 g/mol. The predicted molar refractivity (Wildman–Crippen MR) is 79.0 cm³/mol. The van der Waals surface area contributed by atoms with Crippen molar-refractivity contribution < 1.29 is 0 Å². The molecule has 0 N–H and O–H groups in total. The highest BCUT2D eigenvalue weighted by molar-refractivity contribution is 9.09. The number of anilines is 1. The van der Waals surface area contributed by atoms with Crippen molar-refractivity contribution in [3.63, 3.8) is 0 Å². The van der Waals surface area contributed by atoms with Crippen LogP contribution in [-0.2, 0) is 0 Å². The van der Waals surface area contributed by atoms with Crippen LogP contribution >= 0.6 is 15.9 Å². The number of alkyl halides is 1. The first-order valence-electron chi connectivity index (χ1n) is 6.96. The van der Waals surface area contributed by atoms with E-state index in [0.29, 0.717) is 16.9 Å². The first-order chi connectivity index (χ1) is 9.22. The number of rotatable bonds is 1. The van der Waals surface area contributed by atoms with Gasteiger partial charge >= 0.3 is 0 Å². The van der Waals surface area contributed by atoms with Gasteiger partial charge in [0.25, 0.3) is 0 Å². The minimum absolute atomic E-state index is 0.636. The van der Waals surface area contributed by atoms with E-state index in [9.17, 15) is 0 Å². The van der Waals surface area contributed by atoms with E-state index < -0.39 is 0 Å². The van der Waals surface area contributed by atoms with E-state index >= 15 is 0 Å². The minimum Gasteiger partial charge on any atom is -0.349 e. The first-order valence-corrected chi connectivity index (χ1v) is 7.87. The zero-order chi connectivity index (χ0) is 13.0. The molecule has 2 saturated heterocycles. The van der Waals surface area contributed by atoms with Crippen LogP contribution < -0.4 is 4.90 Å². The summed E-state index contributed by atoms with van der Waals surface area (Å²) in [5.74, 6) is 1.12. The van der Waals surface area contributed by atoms with Crippen LogP contribution in [0.5, 0.6) is 0 Å². The summed E-state index contributed by atoms with van der Waals surface area (Å²) in [7, 11) is 0. The fourth-order valence-electron chi connectivity index (χ4n) is 3.69. The fourth-order valence-corrected chi connectivity index (χ4v) is 4.55. The molecule has 5 heteroatoms. The fraction of sp³-hybridized carbons (Fsp3) is 0.571. The number of hydrogen-bond donors (Lipinski definition) is 0. The van der Waals surface area contributed by atoms with Gasteiger partial charge in [0.15, 0.2) is 5.82 Å². The lowest BCUT2D eigenvalue weighted by Gasteiger charge is -2.38. The van der Waals surface area contributed by atoms with E-state index in [2.05, 4.69) is 37.0 Å². The molecule has 4 heterocycles. The highest BCUT2D eigenvalue weighted by atomic mass is 79.9. The smallest absolute Gasteiger partial charge is 0.155 e. The van der Waals surface area contributed by atoms with Crippen LogP contribution in [0.15, 0.2) is 18.5 Å². The Bertz CT molecular complexity index is 609. The number of nitrogens with zero attached hydrogens (tertiary/aromatic N) is 4. The van der Waals surface area contributed by atoms with E-state index in [1.165, 1.54) is 25.7 Å². The first kappa shape index (κ1) is 11.7. The van der Waals surface area contributed by atoms with Crippen molar-refractivity contribution in [2.75, 3.05) is 4.90 Å². The van der Waals surface area contributed by atoms with Crippen LogP contribution in [0.2, 0.25) is 0 Å². The van der Waals surface area contributed by atoms with Crippen molar-refractivity contribution in [2.24, 2.45) is 0 Å². The van der Waals surface area contributed by atoms with Gasteiger partial charge in [-0.1, -0.05) is 15.9 Å². The summed E-state index contributed by atoms with van der Waals surface area (Å²) in [6.07, 6.45) is 8.85. The van der Waals surface area contributed by atoms with E-state index in [0.717, 1.165) is 17.0 Å². The molecule has 2 fully saturated rings. The lowest BCUT2D eigenvalue weighted by Crippen LogP contribution is -2.44. The highest BCUT2D eigenvalue weighted by Crippen LogP contribution is 2.41. The van der Waals surface area contributed by atoms with Gasteiger partial charge in [-0.2, -0.15) is 5.10 Å². The molecule has 19 heavy (non-hydrogen) atoms. The zero-order valence-electron chi connectivity index (χ0n) is 11.0. The Balaban J connectivity index is 1.82. The summed E-state index contributed by atoms with van der Waals surface area (Å²) in [6, 6.07) is 3.41. The van der Waals surface area contributed by atoms with Crippen molar-refractivity contribution >= 4 is 27.3 Å². The molecule has 0 amide bonds.